The number of carbonyl (C=O) groups excluding carboxylic acids is 1. The summed E-state index contributed by atoms with van der Waals surface area (Å²) in [5.41, 5.74) is 2.41. The number of anilines is 1. The van der Waals surface area contributed by atoms with Gasteiger partial charge in [0.1, 0.15) is 10.6 Å². The number of aromatic nitrogens is 1. The van der Waals surface area contributed by atoms with Gasteiger partial charge in [-0.3, -0.25) is 4.79 Å². The number of sulfonamides is 1. The Morgan fingerprint density at radius 1 is 1.23 bits per heavy atom. The monoisotopic (exact) mass is 375 g/mol. The minimum atomic E-state index is -3.59. The summed E-state index contributed by atoms with van der Waals surface area (Å²) in [6, 6.07) is 9.38. The lowest BCUT2D eigenvalue weighted by Crippen LogP contribution is -2.36. The zero-order valence-electron chi connectivity index (χ0n) is 15.6. The molecule has 7 heteroatoms. The quantitative estimate of drug-likeness (QED) is 0.807. The Bertz CT molecular complexity index is 929. The second-order valence-corrected chi connectivity index (χ2v) is 8.56. The van der Waals surface area contributed by atoms with E-state index in [1.54, 1.807) is 30.4 Å². The maximum absolute atomic E-state index is 13.2. The lowest BCUT2D eigenvalue weighted by Gasteiger charge is -2.22. The topological polar surface area (TPSA) is 62.6 Å². The first-order chi connectivity index (χ1) is 12.3. The van der Waals surface area contributed by atoms with Crippen LogP contribution in [0.2, 0.25) is 0 Å². The first-order valence-electron chi connectivity index (χ1n) is 8.89. The number of para-hydroxylation sites is 1. The highest BCUT2D eigenvalue weighted by molar-refractivity contribution is 7.89. The molecule has 6 nitrogen and oxygen atoms in total. The summed E-state index contributed by atoms with van der Waals surface area (Å²) in [4.78, 5) is 15.1. The van der Waals surface area contributed by atoms with Gasteiger partial charge in [-0.05, 0) is 31.0 Å². The van der Waals surface area contributed by atoms with Gasteiger partial charge in [0, 0.05) is 38.1 Å². The number of benzene rings is 1. The first kappa shape index (κ1) is 18.7. The van der Waals surface area contributed by atoms with Crippen molar-refractivity contribution in [3.05, 3.63) is 47.8 Å². The maximum Gasteiger partial charge on any atom is 0.275 e. The van der Waals surface area contributed by atoms with E-state index in [0.29, 0.717) is 18.8 Å². The highest BCUT2D eigenvalue weighted by atomic mass is 32.2. The normalized spacial score (nSPS) is 17.0. The van der Waals surface area contributed by atoms with Crippen LogP contribution in [0.5, 0.6) is 0 Å². The van der Waals surface area contributed by atoms with Gasteiger partial charge in [-0.1, -0.05) is 32.0 Å². The third-order valence-electron chi connectivity index (χ3n) is 4.97. The number of aryl methyl sites for hydroxylation is 1. The van der Waals surface area contributed by atoms with Crippen LogP contribution in [0.25, 0.3) is 0 Å². The van der Waals surface area contributed by atoms with Gasteiger partial charge in [-0.2, -0.15) is 4.31 Å². The largest absolute Gasteiger partial charge is 0.345 e. The van der Waals surface area contributed by atoms with Crippen molar-refractivity contribution in [3.8, 4) is 0 Å². The summed E-state index contributed by atoms with van der Waals surface area (Å²) in [6.07, 6.45) is 2.32. The van der Waals surface area contributed by atoms with Crippen molar-refractivity contribution in [1.82, 2.24) is 8.87 Å². The molecule has 0 saturated heterocycles. The van der Waals surface area contributed by atoms with E-state index < -0.39 is 10.0 Å². The van der Waals surface area contributed by atoms with E-state index in [1.165, 1.54) is 16.6 Å². The van der Waals surface area contributed by atoms with Gasteiger partial charge in [-0.25, -0.2) is 8.42 Å². The van der Waals surface area contributed by atoms with E-state index in [9.17, 15) is 13.2 Å². The predicted octanol–water partition coefficient (Wildman–Crippen LogP) is 2.65. The fraction of sp³-hybridized carbons (Fsp3) is 0.421. The Hall–Kier alpha value is -2.12. The van der Waals surface area contributed by atoms with Gasteiger partial charge in [0.05, 0.1) is 0 Å². The zero-order valence-corrected chi connectivity index (χ0v) is 16.5. The van der Waals surface area contributed by atoms with Gasteiger partial charge in [0.25, 0.3) is 5.91 Å². The number of nitrogens with zero attached hydrogens (tertiary/aromatic N) is 3. The summed E-state index contributed by atoms with van der Waals surface area (Å²) < 4.78 is 28.5. The third kappa shape index (κ3) is 2.95. The molecule has 3 rings (SSSR count). The van der Waals surface area contributed by atoms with E-state index in [-0.39, 0.29) is 16.8 Å². The lowest BCUT2D eigenvalue weighted by molar-refractivity contribution is 0.0973. The maximum atomic E-state index is 13.2. The molecule has 0 fully saturated rings. The summed E-state index contributed by atoms with van der Waals surface area (Å²) in [7, 11) is -1.88. The van der Waals surface area contributed by atoms with Crippen LogP contribution >= 0.6 is 0 Å². The number of amides is 1. The molecular weight excluding hydrogens is 350 g/mol. The minimum absolute atomic E-state index is 0.0395. The Morgan fingerprint density at radius 3 is 2.54 bits per heavy atom. The SMILES string of the molecule is CCN(CC)S(=O)(=O)c1cc(C(=O)N2c3ccccc3C[C@H]2C)n(C)c1. The molecule has 0 N–H and O–H groups in total. The number of hydrogen-bond acceptors (Lipinski definition) is 3. The summed E-state index contributed by atoms with van der Waals surface area (Å²) in [5, 5.41) is 0. The molecule has 0 radical (unpaired) electrons. The van der Waals surface area contributed by atoms with E-state index in [2.05, 4.69) is 0 Å². The molecule has 0 unspecified atom stereocenters. The molecule has 1 aromatic heterocycles. The van der Waals surface area contributed by atoms with Crippen LogP contribution in [0, 0.1) is 0 Å². The minimum Gasteiger partial charge on any atom is -0.345 e. The van der Waals surface area contributed by atoms with Crippen LogP contribution in [-0.2, 0) is 23.5 Å². The molecule has 2 heterocycles. The van der Waals surface area contributed by atoms with E-state index in [4.69, 9.17) is 0 Å². The average Bonchev–Trinajstić information content (AvgIpc) is 3.15. The smallest absolute Gasteiger partial charge is 0.275 e. The van der Waals surface area contributed by atoms with Crippen LogP contribution in [0.1, 0.15) is 36.8 Å². The van der Waals surface area contributed by atoms with Crippen LogP contribution in [0.15, 0.2) is 41.4 Å². The average molecular weight is 375 g/mol. The van der Waals surface area contributed by atoms with Crippen molar-refractivity contribution < 1.29 is 13.2 Å². The lowest BCUT2D eigenvalue weighted by atomic mass is 10.1. The van der Waals surface area contributed by atoms with Crippen molar-refractivity contribution in [3.63, 3.8) is 0 Å². The molecule has 26 heavy (non-hydrogen) atoms. The van der Waals surface area contributed by atoms with Gasteiger partial charge < -0.3 is 9.47 Å². The molecule has 2 aromatic rings. The van der Waals surface area contributed by atoms with E-state index >= 15 is 0 Å². The first-order valence-corrected chi connectivity index (χ1v) is 10.3. The fourth-order valence-corrected chi connectivity index (χ4v) is 5.13. The second-order valence-electron chi connectivity index (χ2n) is 6.62. The molecular formula is C19H25N3O3S. The van der Waals surface area contributed by atoms with Crippen LogP contribution < -0.4 is 4.90 Å². The number of rotatable bonds is 5. The molecule has 0 spiro atoms. The zero-order chi connectivity index (χ0) is 19.1. The van der Waals surface area contributed by atoms with Gasteiger partial charge >= 0.3 is 0 Å². The molecule has 140 valence electrons. The van der Waals surface area contributed by atoms with Gasteiger partial charge in [0.2, 0.25) is 10.0 Å². The molecule has 0 bridgehead atoms. The molecule has 1 amide bonds. The number of carbonyl (C=O) groups is 1. The van der Waals surface area contributed by atoms with Crippen LogP contribution in [-0.4, -0.2) is 42.3 Å². The van der Waals surface area contributed by atoms with Crippen LogP contribution in [0.4, 0.5) is 5.69 Å². The highest BCUT2D eigenvalue weighted by Gasteiger charge is 2.33. The van der Waals surface area contributed by atoms with E-state index in [0.717, 1.165) is 17.7 Å². The van der Waals surface area contributed by atoms with Crippen molar-refractivity contribution in [1.29, 1.82) is 0 Å². The fourth-order valence-electron chi connectivity index (χ4n) is 3.60. The summed E-state index contributed by atoms with van der Waals surface area (Å²) in [6.45, 7) is 6.41. The number of fused-ring (bicyclic) bond motifs is 1. The van der Waals surface area contributed by atoms with Crippen molar-refractivity contribution in [2.24, 2.45) is 7.05 Å². The Labute approximate surface area is 155 Å². The van der Waals surface area contributed by atoms with Crippen molar-refractivity contribution >= 4 is 21.6 Å². The van der Waals surface area contributed by atoms with Crippen molar-refractivity contribution in [2.75, 3.05) is 18.0 Å². The van der Waals surface area contributed by atoms with E-state index in [1.807, 2.05) is 31.2 Å². The molecule has 1 aromatic carbocycles. The Morgan fingerprint density at radius 2 is 1.88 bits per heavy atom. The Kier molecular flexibility index (Phi) is 4.94. The molecule has 1 aliphatic heterocycles. The molecule has 0 saturated carbocycles. The standard InChI is InChI=1S/C19H25N3O3S/c1-5-21(6-2)26(24,25)16-12-18(20(4)13-16)19(23)22-14(3)11-15-9-7-8-10-17(15)22/h7-10,12-14H,5-6,11H2,1-4H3/t14-/m1/s1. The molecule has 1 atom stereocenters. The number of hydrogen-bond donors (Lipinski definition) is 0. The Balaban J connectivity index is 1.99. The third-order valence-corrected chi connectivity index (χ3v) is 6.98. The van der Waals surface area contributed by atoms with Gasteiger partial charge in [0.15, 0.2) is 0 Å². The van der Waals surface area contributed by atoms with Gasteiger partial charge in [-0.15, -0.1) is 0 Å². The highest BCUT2D eigenvalue weighted by Crippen LogP contribution is 2.33. The molecule has 0 aliphatic carbocycles. The predicted molar refractivity (Wildman–Crippen MR) is 102 cm³/mol. The van der Waals surface area contributed by atoms with Crippen LogP contribution in [0.3, 0.4) is 0 Å². The second kappa shape index (κ2) is 6.89. The summed E-state index contributed by atoms with van der Waals surface area (Å²) in [5.74, 6) is -0.175. The molecule has 1 aliphatic rings. The summed E-state index contributed by atoms with van der Waals surface area (Å²) >= 11 is 0. The van der Waals surface area contributed by atoms with Crippen molar-refractivity contribution in [2.45, 2.75) is 38.1 Å².